The van der Waals surface area contributed by atoms with Gasteiger partial charge < -0.3 is 4.74 Å². The van der Waals surface area contributed by atoms with E-state index >= 15 is 0 Å². The lowest BCUT2D eigenvalue weighted by Crippen LogP contribution is -2.35. The summed E-state index contributed by atoms with van der Waals surface area (Å²) in [5.74, 6) is 0.898. The van der Waals surface area contributed by atoms with Gasteiger partial charge in [0.25, 0.3) is 0 Å². The minimum absolute atomic E-state index is 0.229. The highest BCUT2D eigenvalue weighted by Crippen LogP contribution is 2.21. The van der Waals surface area contributed by atoms with Gasteiger partial charge in [0.05, 0.1) is 0 Å². The van der Waals surface area contributed by atoms with Crippen molar-refractivity contribution in [3.05, 3.63) is 0 Å². The molecule has 1 aliphatic heterocycles. The summed E-state index contributed by atoms with van der Waals surface area (Å²) in [4.78, 5) is 0. The van der Waals surface area contributed by atoms with Gasteiger partial charge in [-0.25, -0.2) is 5.43 Å². The molecule has 0 saturated carbocycles. The molecule has 1 aliphatic rings. The number of epoxide rings is 1. The third kappa shape index (κ3) is 2.46. The molecule has 1 saturated heterocycles. The first-order chi connectivity index (χ1) is 4.88. The lowest BCUT2D eigenvalue weighted by molar-refractivity contribution is 0.324. The van der Waals surface area contributed by atoms with Crippen LogP contribution in [0.5, 0.6) is 0 Å². The van der Waals surface area contributed by atoms with Gasteiger partial charge >= 0.3 is 0 Å². The molecular weight excluding hydrogens is 148 g/mol. The molecule has 1 rings (SSSR count). The van der Waals surface area contributed by atoms with E-state index in [0.717, 1.165) is 18.7 Å². The lowest BCUT2D eigenvalue weighted by Gasteiger charge is -1.97. The number of nitrogens with one attached hydrogen (secondary N) is 2. The van der Waals surface area contributed by atoms with Crippen molar-refractivity contribution in [1.82, 2.24) is 10.9 Å². The van der Waals surface area contributed by atoms with Crippen molar-refractivity contribution >= 4 is 12.6 Å². The first kappa shape index (κ1) is 8.33. The quantitative estimate of drug-likeness (QED) is 0.306. The highest BCUT2D eigenvalue weighted by molar-refractivity contribution is 7.80. The van der Waals surface area contributed by atoms with Crippen molar-refractivity contribution in [2.75, 3.05) is 12.3 Å². The van der Waals surface area contributed by atoms with E-state index in [4.69, 9.17) is 4.74 Å². The van der Waals surface area contributed by atoms with Gasteiger partial charge in [-0.05, 0) is 12.2 Å². The van der Waals surface area contributed by atoms with Gasteiger partial charge in [0.2, 0.25) is 0 Å². The van der Waals surface area contributed by atoms with Crippen LogP contribution in [0.4, 0.5) is 0 Å². The van der Waals surface area contributed by atoms with E-state index in [1.807, 2.05) is 6.92 Å². The van der Waals surface area contributed by atoms with E-state index in [1.165, 1.54) is 0 Å². The molecule has 60 valence electrons. The molecule has 2 N–H and O–H groups in total. The molecular formula is C6H14N2OS. The molecule has 10 heavy (non-hydrogen) atoms. The topological polar surface area (TPSA) is 36.6 Å². The standard InChI is InChI=1S/C6H14N2OS/c1-2-7-8-6-5(9-6)3-4-10/h5-8,10H,2-4H2,1H3. The van der Waals surface area contributed by atoms with Crippen molar-refractivity contribution in [1.29, 1.82) is 0 Å². The van der Waals surface area contributed by atoms with Gasteiger partial charge in [0.1, 0.15) is 12.3 Å². The van der Waals surface area contributed by atoms with Gasteiger partial charge in [-0.15, -0.1) is 0 Å². The SMILES string of the molecule is CCNNC1OC1CCS. The first-order valence-electron chi connectivity index (χ1n) is 3.63. The number of thiol groups is 1. The summed E-state index contributed by atoms with van der Waals surface area (Å²) in [7, 11) is 0. The number of hydrazine groups is 1. The summed E-state index contributed by atoms with van der Waals surface area (Å²) in [6.45, 7) is 2.97. The Morgan fingerprint density at radius 2 is 2.40 bits per heavy atom. The molecule has 4 heteroatoms. The fourth-order valence-corrected chi connectivity index (χ4v) is 1.07. The van der Waals surface area contributed by atoms with Crippen LogP contribution in [-0.2, 0) is 4.74 Å². The molecule has 3 nitrogen and oxygen atoms in total. The molecule has 0 aromatic carbocycles. The maximum absolute atomic E-state index is 5.24. The molecule has 2 atom stereocenters. The Bertz CT molecular complexity index is 102. The van der Waals surface area contributed by atoms with Gasteiger partial charge in [-0.3, -0.25) is 5.43 Å². The van der Waals surface area contributed by atoms with Crippen molar-refractivity contribution in [3.63, 3.8) is 0 Å². The fourth-order valence-electron chi connectivity index (χ4n) is 0.819. The zero-order valence-corrected chi connectivity index (χ0v) is 7.03. The summed E-state index contributed by atoms with van der Waals surface area (Å²) >= 11 is 4.10. The molecule has 0 spiro atoms. The fraction of sp³-hybridized carbons (Fsp3) is 1.00. The highest BCUT2D eigenvalue weighted by atomic mass is 32.1. The zero-order valence-electron chi connectivity index (χ0n) is 6.13. The van der Waals surface area contributed by atoms with E-state index in [9.17, 15) is 0 Å². The largest absolute Gasteiger partial charge is 0.352 e. The van der Waals surface area contributed by atoms with Crippen LogP contribution in [0.1, 0.15) is 13.3 Å². The van der Waals surface area contributed by atoms with E-state index in [2.05, 4.69) is 23.5 Å². The molecule has 0 aromatic heterocycles. The second-order valence-electron chi connectivity index (χ2n) is 2.28. The Morgan fingerprint density at radius 3 is 3.00 bits per heavy atom. The molecule has 0 radical (unpaired) electrons. The van der Waals surface area contributed by atoms with Crippen LogP contribution in [0.2, 0.25) is 0 Å². The van der Waals surface area contributed by atoms with Crippen LogP contribution in [-0.4, -0.2) is 24.6 Å². The van der Waals surface area contributed by atoms with Crippen LogP contribution >= 0.6 is 12.6 Å². The monoisotopic (exact) mass is 162 g/mol. The Morgan fingerprint density at radius 1 is 1.60 bits per heavy atom. The second kappa shape index (κ2) is 4.18. The number of ether oxygens (including phenoxy) is 1. The first-order valence-corrected chi connectivity index (χ1v) is 4.26. The Hall–Kier alpha value is 0.230. The van der Waals surface area contributed by atoms with Crippen LogP contribution in [0.25, 0.3) is 0 Å². The maximum Gasteiger partial charge on any atom is 0.147 e. The van der Waals surface area contributed by atoms with E-state index in [-0.39, 0.29) is 6.23 Å². The predicted octanol–water partition coefficient (Wildman–Crippen LogP) is 0.145. The normalized spacial score (nSPS) is 30.6. The molecule has 0 bridgehead atoms. The Kier molecular flexibility index (Phi) is 3.48. The summed E-state index contributed by atoms with van der Waals surface area (Å²) in [6.07, 6.45) is 1.65. The molecule has 1 fully saturated rings. The maximum atomic E-state index is 5.24. The van der Waals surface area contributed by atoms with Crippen molar-refractivity contribution in [2.24, 2.45) is 0 Å². The Balaban J connectivity index is 1.92. The van der Waals surface area contributed by atoms with E-state index < -0.39 is 0 Å². The molecule has 1 heterocycles. The predicted molar refractivity (Wildman–Crippen MR) is 43.9 cm³/mol. The van der Waals surface area contributed by atoms with E-state index in [0.29, 0.717) is 6.10 Å². The molecule has 0 aromatic rings. The van der Waals surface area contributed by atoms with Crippen LogP contribution in [0.3, 0.4) is 0 Å². The van der Waals surface area contributed by atoms with Crippen LogP contribution in [0.15, 0.2) is 0 Å². The number of hydrogen-bond donors (Lipinski definition) is 3. The van der Waals surface area contributed by atoms with Gasteiger partial charge in [0, 0.05) is 6.54 Å². The molecule has 0 aliphatic carbocycles. The van der Waals surface area contributed by atoms with Crippen molar-refractivity contribution in [3.8, 4) is 0 Å². The Labute approximate surface area is 66.9 Å². The molecule has 2 unspecified atom stereocenters. The lowest BCUT2D eigenvalue weighted by atomic mass is 10.3. The average Bonchev–Trinajstić information content (AvgIpc) is 2.65. The second-order valence-corrected chi connectivity index (χ2v) is 2.73. The molecule has 0 amide bonds. The minimum Gasteiger partial charge on any atom is -0.352 e. The summed E-state index contributed by atoms with van der Waals surface area (Å²) in [5.41, 5.74) is 6.03. The van der Waals surface area contributed by atoms with Crippen molar-refractivity contribution in [2.45, 2.75) is 25.7 Å². The summed E-state index contributed by atoms with van der Waals surface area (Å²) < 4.78 is 5.24. The minimum atomic E-state index is 0.229. The third-order valence-electron chi connectivity index (χ3n) is 1.42. The van der Waals surface area contributed by atoms with Crippen LogP contribution in [0, 0.1) is 0 Å². The number of hydrogen-bond acceptors (Lipinski definition) is 4. The van der Waals surface area contributed by atoms with Gasteiger partial charge in [-0.1, -0.05) is 6.92 Å². The zero-order chi connectivity index (χ0) is 7.40. The summed E-state index contributed by atoms with van der Waals surface area (Å²) in [5, 5.41) is 0. The van der Waals surface area contributed by atoms with Crippen molar-refractivity contribution < 1.29 is 4.74 Å². The van der Waals surface area contributed by atoms with Gasteiger partial charge in [-0.2, -0.15) is 12.6 Å². The number of rotatable bonds is 5. The highest BCUT2D eigenvalue weighted by Gasteiger charge is 2.37. The van der Waals surface area contributed by atoms with E-state index in [1.54, 1.807) is 0 Å². The van der Waals surface area contributed by atoms with Crippen LogP contribution < -0.4 is 10.9 Å². The van der Waals surface area contributed by atoms with Gasteiger partial charge in [0.15, 0.2) is 0 Å². The smallest absolute Gasteiger partial charge is 0.147 e. The average molecular weight is 162 g/mol. The third-order valence-corrected chi connectivity index (χ3v) is 1.68. The summed E-state index contributed by atoms with van der Waals surface area (Å²) in [6, 6.07) is 0.